The van der Waals surface area contributed by atoms with E-state index in [9.17, 15) is 9.59 Å². The van der Waals surface area contributed by atoms with Gasteiger partial charge in [-0.05, 0) is 71.8 Å². The molecule has 0 aromatic heterocycles. The van der Waals surface area contributed by atoms with Crippen molar-refractivity contribution in [3.8, 4) is 5.75 Å². The third kappa shape index (κ3) is 6.30. The van der Waals surface area contributed by atoms with Crippen LogP contribution in [0.25, 0.3) is 0 Å². The Morgan fingerprint density at radius 1 is 1.00 bits per heavy atom. The molecule has 4 rings (SSSR count). The van der Waals surface area contributed by atoms with E-state index in [-0.39, 0.29) is 18.2 Å². The lowest BCUT2D eigenvalue weighted by molar-refractivity contribution is -0.126. The summed E-state index contributed by atoms with van der Waals surface area (Å²) in [6.07, 6.45) is 1.74. The topological polar surface area (TPSA) is 71.0 Å². The molecule has 0 spiro atoms. The highest BCUT2D eigenvalue weighted by atomic mass is 79.9. The van der Waals surface area contributed by atoms with Crippen molar-refractivity contribution in [1.82, 2.24) is 5.43 Å². The van der Waals surface area contributed by atoms with Gasteiger partial charge in [-0.15, -0.1) is 0 Å². The molecule has 1 heterocycles. The van der Waals surface area contributed by atoms with Gasteiger partial charge in [0, 0.05) is 27.6 Å². The zero-order chi connectivity index (χ0) is 23.2. The Balaban J connectivity index is 1.26. The largest absolute Gasteiger partial charge is 0.489 e. The molecule has 2 amide bonds. The molecule has 0 radical (unpaired) electrons. The quantitative estimate of drug-likeness (QED) is 0.310. The predicted molar refractivity (Wildman–Crippen MR) is 135 cm³/mol. The van der Waals surface area contributed by atoms with Gasteiger partial charge in [-0.3, -0.25) is 9.59 Å². The summed E-state index contributed by atoms with van der Waals surface area (Å²) in [6.45, 7) is 0.820. The number of carbonyl (C=O) groups is 2. The number of hydrazone groups is 1. The lowest BCUT2D eigenvalue weighted by Gasteiger charge is -2.16. The maximum absolute atomic E-state index is 12.5. The molecule has 8 heteroatoms. The minimum atomic E-state index is -0.437. The highest BCUT2D eigenvalue weighted by Crippen LogP contribution is 2.26. The van der Waals surface area contributed by atoms with Gasteiger partial charge >= 0.3 is 0 Å². The number of rotatable bonds is 7. The average molecular weight is 571 g/mol. The molecule has 1 atom stereocenters. The SMILES string of the molecule is O=C(N/N=C\c1ccc(OCc2ccc(Br)cc2)cc1)[C@@H]1CC(=O)N(c2ccc(Br)cc2)C1. The lowest BCUT2D eigenvalue weighted by Crippen LogP contribution is -2.30. The van der Waals surface area contributed by atoms with Crippen LogP contribution in [0.5, 0.6) is 5.75 Å². The molecule has 3 aromatic rings. The third-order valence-electron chi connectivity index (χ3n) is 5.22. The number of carbonyl (C=O) groups excluding carboxylic acids is 2. The van der Waals surface area contributed by atoms with Crippen molar-refractivity contribution in [2.45, 2.75) is 13.0 Å². The fraction of sp³-hybridized carbons (Fsp3) is 0.160. The minimum absolute atomic E-state index is 0.0693. The molecule has 0 aliphatic carbocycles. The van der Waals surface area contributed by atoms with Crippen LogP contribution < -0.4 is 15.1 Å². The second kappa shape index (κ2) is 10.8. The molecule has 1 aliphatic rings. The van der Waals surface area contributed by atoms with Crippen LogP contribution in [0.15, 0.2) is 86.8 Å². The summed E-state index contributed by atoms with van der Waals surface area (Å²) in [5, 5.41) is 4.05. The summed E-state index contributed by atoms with van der Waals surface area (Å²) in [6, 6.07) is 22.9. The van der Waals surface area contributed by atoms with Crippen molar-refractivity contribution < 1.29 is 14.3 Å². The number of nitrogens with one attached hydrogen (secondary N) is 1. The molecule has 3 aromatic carbocycles. The first-order valence-corrected chi connectivity index (χ1v) is 11.9. The molecule has 1 aliphatic heterocycles. The Bertz CT molecular complexity index is 1150. The maximum Gasteiger partial charge on any atom is 0.245 e. The maximum atomic E-state index is 12.5. The van der Waals surface area contributed by atoms with Gasteiger partial charge in [-0.2, -0.15) is 5.10 Å². The van der Waals surface area contributed by atoms with Crippen LogP contribution in [-0.4, -0.2) is 24.6 Å². The summed E-state index contributed by atoms with van der Waals surface area (Å²) in [7, 11) is 0. The Hall–Kier alpha value is -2.97. The number of ether oxygens (including phenoxy) is 1. The number of benzene rings is 3. The van der Waals surface area contributed by atoms with Crippen LogP contribution in [0.1, 0.15) is 17.5 Å². The first kappa shape index (κ1) is 23.2. The van der Waals surface area contributed by atoms with E-state index in [1.807, 2.05) is 72.8 Å². The van der Waals surface area contributed by atoms with E-state index in [2.05, 4.69) is 42.4 Å². The zero-order valence-electron chi connectivity index (χ0n) is 17.6. The highest BCUT2D eigenvalue weighted by molar-refractivity contribution is 9.10. The van der Waals surface area contributed by atoms with E-state index in [0.717, 1.165) is 31.5 Å². The van der Waals surface area contributed by atoms with E-state index in [1.165, 1.54) is 0 Å². The molecule has 33 heavy (non-hydrogen) atoms. The Morgan fingerprint density at radius 3 is 2.30 bits per heavy atom. The second-order valence-corrected chi connectivity index (χ2v) is 9.43. The molecule has 0 bridgehead atoms. The Labute approximate surface area is 208 Å². The van der Waals surface area contributed by atoms with E-state index in [0.29, 0.717) is 13.2 Å². The average Bonchev–Trinajstić information content (AvgIpc) is 3.22. The molecule has 1 saturated heterocycles. The van der Waals surface area contributed by atoms with E-state index >= 15 is 0 Å². The number of nitrogens with zero attached hydrogens (tertiary/aromatic N) is 2. The van der Waals surface area contributed by atoms with Gasteiger partial charge in [0.25, 0.3) is 0 Å². The van der Waals surface area contributed by atoms with Crippen LogP contribution in [0, 0.1) is 5.92 Å². The summed E-state index contributed by atoms with van der Waals surface area (Å²) >= 11 is 6.80. The number of hydrogen-bond donors (Lipinski definition) is 1. The van der Waals surface area contributed by atoms with Crippen molar-refractivity contribution in [3.05, 3.63) is 92.9 Å². The van der Waals surface area contributed by atoms with Crippen molar-refractivity contribution >= 4 is 55.6 Å². The fourth-order valence-electron chi connectivity index (χ4n) is 3.41. The normalized spacial score (nSPS) is 15.8. The zero-order valence-corrected chi connectivity index (χ0v) is 20.8. The van der Waals surface area contributed by atoms with Gasteiger partial charge in [-0.25, -0.2) is 5.43 Å². The fourth-order valence-corrected chi connectivity index (χ4v) is 3.94. The van der Waals surface area contributed by atoms with Crippen LogP contribution >= 0.6 is 31.9 Å². The molecule has 0 saturated carbocycles. The van der Waals surface area contributed by atoms with Crippen LogP contribution in [-0.2, 0) is 16.2 Å². The van der Waals surface area contributed by atoms with Gasteiger partial charge in [0.05, 0.1) is 12.1 Å². The van der Waals surface area contributed by atoms with Crippen LogP contribution in [0.4, 0.5) is 5.69 Å². The van der Waals surface area contributed by atoms with Crippen molar-refractivity contribution in [2.75, 3.05) is 11.4 Å². The first-order valence-electron chi connectivity index (χ1n) is 10.3. The standard InChI is InChI=1S/C25H21Br2N3O3/c26-20-5-1-18(2-6-20)16-33-23-11-3-17(4-12-23)14-28-29-25(32)19-13-24(31)30(15-19)22-9-7-21(27)8-10-22/h1-12,14,19H,13,15-16H2,(H,29,32)/b28-14-/t19-/m1/s1. The van der Waals surface area contributed by atoms with E-state index in [1.54, 1.807) is 11.1 Å². The molecule has 6 nitrogen and oxygen atoms in total. The highest BCUT2D eigenvalue weighted by Gasteiger charge is 2.35. The predicted octanol–water partition coefficient (Wildman–Crippen LogP) is 5.29. The minimum Gasteiger partial charge on any atom is -0.489 e. The van der Waals surface area contributed by atoms with E-state index < -0.39 is 5.92 Å². The monoisotopic (exact) mass is 569 g/mol. The number of hydrogen-bond acceptors (Lipinski definition) is 4. The molecule has 168 valence electrons. The van der Waals surface area contributed by atoms with Gasteiger partial charge in [0.1, 0.15) is 12.4 Å². The van der Waals surface area contributed by atoms with Gasteiger partial charge in [-0.1, -0.05) is 44.0 Å². The number of amides is 2. The Morgan fingerprint density at radius 2 is 1.64 bits per heavy atom. The summed E-state index contributed by atoms with van der Waals surface area (Å²) in [4.78, 5) is 26.4. The summed E-state index contributed by atoms with van der Waals surface area (Å²) < 4.78 is 7.76. The third-order valence-corrected chi connectivity index (χ3v) is 6.28. The smallest absolute Gasteiger partial charge is 0.245 e. The molecular formula is C25H21Br2N3O3. The molecule has 1 N–H and O–H groups in total. The second-order valence-electron chi connectivity index (χ2n) is 7.60. The Kier molecular flexibility index (Phi) is 7.57. The lowest BCUT2D eigenvalue weighted by atomic mass is 10.1. The molecule has 0 unspecified atom stereocenters. The van der Waals surface area contributed by atoms with Crippen molar-refractivity contribution in [3.63, 3.8) is 0 Å². The van der Waals surface area contributed by atoms with E-state index in [4.69, 9.17) is 4.74 Å². The van der Waals surface area contributed by atoms with Crippen molar-refractivity contribution in [2.24, 2.45) is 11.0 Å². The van der Waals surface area contributed by atoms with Crippen LogP contribution in [0.2, 0.25) is 0 Å². The molecule has 1 fully saturated rings. The number of anilines is 1. The summed E-state index contributed by atoms with van der Waals surface area (Å²) in [5.74, 6) is -0.0295. The van der Waals surface area contributed by atoms with Gasteiger partial charge < -0.3 is 9.64 Å². The van der Waals surface area contributed by atoms with Gasteiger partial charge in [0.2, 0.25) is 11.8 Å². The van der Waals surface area contributed by atoms with Gasteiger partial charge in [0.15, 0.2) is 0 Å². The summed E-state index contributed by atoms with van der Waals surface area (Å²) in [5.41, 5.74) is 5.24. The molecular weight excluding hydrogens is 550 g/mol. The first-order chi connectivity index (χ1) is 16.0. The van der Waals surface area contributed by atoms with Crippen molar-refractivity contribution in [1.29, 1.82) is 0 Å². The number of halogens is 2. The van der Waals surface area contributed by atoms with Crippen LogP contribution in [0.3, 0.4) is 0 Å².